The first-order valence-electron chi connectivity index (χ1n) is 9.98. The molecule has 0 saturated carbocycles. The van der Waals surface area contributed by atoms with Crippen molar-refractivity contribution in [2.75, 3.05) is 60.0 Å². The fourth-order valence-electron chi connectivity index (χ4n) is 3.46. The maximum absolute atomic E-state index is 11.9. The summed E-state index contributed by atoms with van der Waals surface area (Å²) in [5, 5.41) is 6.28. The topological polar surface area (TPSA) is 86.5 Å². The largest absolute Gasteiger partial charge is 0.383 e. The van der Waals surface area contributed by atoms with Gasteiger partial charge in [-0.2, -0.15) is 0 Å². The predicted octanol–water partition coefficient (Wildman–Crippen LogP) is 0.716. The Kier molecular flexibility index (Phi) is 9.79. The van der Waals surface area contributed by atoms with Crippen LogP contribution in [0.1, 0.15) is 11.4 Å². The fraction of sp³-hybridized carbons (Fsp3) is 0.550. The third-order valence-corrected chi connectivity index (χ3v) is 5.05. The van der Waals surface area contributed by atoms with E-state index in [0.29, 0.717) is 26.2 Å². The number of piperazine rings is 1. The zero-order chi connectivity index (χ0) is 20.6. The van der Waals surface area contributed by atoms with Gasteiger partial charge in [0.05, 0.1) is 25.4 Å². The number of rotatable bonds is 7. The number of nitrogens with one attached hydrogen (secondary N) is 2. The van der Waals surface area contributed by atoms with E-state index in [9.17, 15) is 4.79 Å². The minimum Gasteiger partial charge on any atom is -0.383 e. The predicted molar refractivity (Wildman–Crippen MR) is 128 cm³/mol. The quantitative estimate of drug-likeness (QED) is 0.238. The molecule has 1 amide bonds. The molecule has 2 aromatic rings. The average Bonchev–Trinajstić information content (AvgIpc) is 3.14. The number of aryl methyl sites for hydroxylation is 1. The highest BCUT2D eigenvalue weighted by Gasteiger charge is 2.21. The van der Waals surface area contributed by atoms with Crippen LogP contribution in [0.5, 0.6) is 0 Å². The van der Waals surface area contributed by atoms with Crippen molar-refractivity contribution >= 4 is 41.5 Å². The normalized spacial score (nSPS) is 15.2. The number of halogens is 1. The van der Waals surface area contributed by atoms with Crippen LogP contribution in [0, 0.1) is 6.92 Å². The van der Waals surface area contributed by atoms with Gasteiger partial charge < -0.3 is 24.7 Å². The van der Waals surface area contributed by atoms with Crippen LogP contribution >= 0.6 is 24.0 Å². The van der Waals surface area contributed by atoms with Crippen LogP contribution in [-0.2, 0) is 16.1 Å². The number of ether oxygens (including phenoxy) is 1. The van der Waals surface area contributed by atoms with Crippen molar-refractivity contribution in [3.8, 4) is 0 Å². The summed E-state index contributed by atoms with van der Waals surface area (Å²) in [6, 6.07) is 6.10. The second-order valence-electron chi connectivity index (χ2n) is 7.13. The number of fused-ring (bicyclic) bond motifs is 1. The van der Waals surface area contributed by atoms with Gasteiger partial charge in [-0.25, -0.2) is 4.98 Å². The Morgan fingerprint density at radius 3 is 2.67 bits per heavy atom. The summed E-state index contributed by atoms with van der Waals surface area (Å²) in [7, 11) is 3.42. The Bertz CT molecular complexity index is 847. The second-order valence-corrected chi connectivity index (χ2v) is 7.13. The molecule has 3 rings (SSSR count). The molecule has 166 valence electrons. The molecule has 0 spiro atoms. The molecule has 1 aliphatic heterocycles. The number of hydrogen-bond donors (Lipinski definition) is 2. The lowest BCUT2D eigenvalue weighted by Crippen LogP contribution is -2.54. The molecule has 0 aromatic carbocycles. The van der Waals surface area contributed by atoms with E-state index < -0.39 is 0 Å². The van der Waals surface area contributed by atoms with Crippen molar-refractivity contribution in [1.29, 1.82) is 0 Å². The van der Waals surface area contributed by atoms with Crippen LogP contribution in [0.15, 0.2) is 29.4 Å². The number of imidazole rings is 1. The van der Waals surface area contributed by atoms with Gasteiger partial charge in [0.15, 0.2) is 5.96 Å². The van der Waals surface area contributed by atoms with E-state index in [-0.39, 0.29) is 29.9 Å². The Hall–Kier alpha value is -1.92. The molecule has 1 aliphatic rings. The summed E-state index contributed by atoms with van der Waals surface area (Å²) in [4.78, 5) is 25.4. The van der Waals surface area contributed by atoms with E-state index in [1.807, 2.05) is 12.1 Å². The summed E-state index contributed by atoms with van der Waals surface area (Å²) in [6.07, 6.45) is 2.06. The maximum Gasteiger partial charge on any atom is 0.234 e. The smallest absolute Gasteiger partial charge is 0.234 e. The number of methoxy groups -OCH3 is 1. The molecule has 10 heteroatoms. The van der Waals surface area contributed by atoms with Crippen LogP contribution in [0.3, 0.4) is 0 Å². The first-order valence-corrected chi connectivity index (χ1v) is 9.98. The Labute approximate surface area is 194 Å². The third kappa shape index (κ3) is 6.54. The molecule has 0 bridgehead atoms. The number of pyridine rings is 1. The molecule has 1 saturated heterocycles. The first kappa shape index (κ1) is 24.4. The molecule has 9 nitrogen and oxygen atoms in total. The SMILES string of the molecule is CN=C(NCc1cn2c(C)cccc2n1)N1CCN(CC(=O)NCCOC)CC1.I. The van der Waals surface area contributed by atoms with Crippen LogP contribution < -0.4 is 10.6 Å². The summed E-state index contributed by atoms with van der Waals surface area (Å²) in [5.74, 6) is 0.906. The van der Waals surface area contributed by atoms with Crippen molar-refractivity contribution in [2.24, 2.45) is 4.99 Å². The van der Waals surface area contributed by atoms with E-state index >= 15 is 0 Å². The summed E-state index contributed by atoms with van der Waals surface area (Å²) < 4.78 is 7.05. The maximum atomic E-state index is 11.9. The van der Waals surface area contributed by atoms with Crippen molar-refractivity contribution in [3.63, 3.8) is 0 Å². The number of carbonyl (C=O) groups is 1. The highest BCUT2D eigenvalue weighted by molar-refractivity contribution is 14.0. The molecule has 0 unspecified atom stereocenters. The van der Waals surface area contributed by atoms with E-state index in [2.05, 4.69) is 54.0 Å². The number of aromatic nitrogens is 2. The van der Waals surface area contributed by atoms with Gasteiger partial charge >= 0.3 is 0 Å². The summed E-state index contributed by atoms with van der Waals surface area (Å²) >= 11 is 0. The second kappa shape index (κ2) is 12.1. The third-order valence-electron chi connectivity index (χ3n) is 5.05. The number of guanidine groups is 1. The van der Waals surface area contributed by atoms with Crippen molar-refractivity contribution in [2.45, 2.75) is 13.5 Å². The van der Waals surface area contributed by atoms with Crippen LogP contribution in [0.2, 0.25) is 0 Å². The standard InChI is InChI=1S/C20H31N7O2.HI/c1-16-5-4-6-18-24-17(14-27(16)18)13-23-20(21-2)26-10-8-25(9-11-26)15-19(28)22-7-12-29-3;/h4-6,14H,7-13,15H2,1-3H3,(H,21,23)(H,22,28);1H. The lowest BCUT2D eigenvalue weighted by molar-refractivity contribution is -0.122. The number of carbonyl (C=O) groups excluding carboxylic acids is 1. The van der Waals surface area contributed by atoms with Crippen LogP contribution in [0.4, 0.5) is 0 Å². The van der Waals surface area contributed by atoms with E-state index in [4.69, 9.17) is 4.74 Å². The fourth-order valence-corrected chi connectivity index (χ4v) is 3.46. The van der Waals surface area contributed by atoms with Gasteiger partial charge in [-0.3, -0.25) is 14.7 Å². The molecule has 3 heterocycles. The van der Waals surface area contributed by atoms with E-state index in [1.165, 1.54) is 0 Å². The number of hydrogen-bond acceptors (Lipinski definition) is 5. The van der Waals surface area contributed by atoms with Crippen molar-refractivity contribution in [3.05, 3.63) is 35.8 Å². The van der Waals surface area contributed by atoms with Crippen LogP contribution in [0.25, 0.3) is 5.65 Å². The minimum absolute atomic E-state index is 0. The monoisotopic (exact) mass is 529 g/mol. The van der Waals surface area contributed by atoms with Crippen molar-refractivity contribution in [1.82, 2.24) is 29.8 Å². The Balaban J connectivity index is 0.00000320. The van der Waals surface area contributed by atoms with Gasteiger partial charge in [0.1, 0.15) is 5.65 Å². The zero-order valence-electron chi connectivity index (χ0n) is 17.9. The van der Waals surface area contributed by atoms with Crippen LogP contribution in [-0.4, -0.2) is 91.1 Å². The van der Waals surface area contributed by atoms with E-state index in [1.54, 1.807) is 14.2 Å². The zero-order valence-corrected chi connectivity index (χ0v) is 20.3. The summed E-state index contributed by atoms with van der Waals surface area (Å²) in [5.41, 5.74) is 3.09. The van der Waals surface area contributed by atoms with Gasteiger partial charge in [-0.15, -0.1) is 24.0 Å². The van der Waals surface area contributed by atoms with Gasteiger partial charge in [0, 0.05) is 58.8 Å². The van der Waals surface area contributed by atoms with Gasteiger partial charge in [-0.05, 0) is 19.1 Å². The lowest BCUT2D eigenvalue weighted by Gasteiger charge is -2.36. The molecular weight excluding hydrogens is 497 g/mol. The van der Waals surface area contributed by atoms with Gasteiger partial charge in [-0.1, -0.05) is 6.07 Å². The molecule has 2 N–H and O–H groups in total. The molecule has 0 radical (unpaired) electrons. The number of nitrogens with zero attached hydrogens (tertiary/aromatic N) is 5. The molecule has 2 aromatic heterocycles. The molecule has 0 atom stereocenters. The lowest BCUT2D eigenvalue weighted by atomic mass is 10.3. The average molecular weight is 529 g/mol. The number of aliphatic imine (C=N–C) groups is 1. The Morgan fingerprint density at radius 1 is 1.23 bits per heavy atom. The molecular formula is C20H32IN7O2. The molecule has 0 aliphatic carbocycles. The van der Waals surface area contributed by atoms with E-state index in [0.717, 1.165) is 49.2 Å². The van der Waals surface area contributed by atoms with Gasteiger partial charge in [0.25, 0.3) is 0 Å². The minimum atomic E-state index is 0. The molecule has 30 heavy (non-hydrogen) atoms. The molecule has 1 fully saturated rings. The van der Waals surface area contributed by atoms with Crippen molar-refractivity contribution < 1.29 is 9.53 Å². The highest BCUT2D eigenvalue weighted by Crippen LogP contribution is 2.09. The highest BCUT2D eigenvalue weighted by atomic mass is 127. The summed E-state index contributed by atoms with van der Waals surface area (Å²) in [6.45, 7) is 7.51. The van der Waals surface area contributed by atoms with Gasteiger partial charge in [0.2, 0.25) is 5.91 Å². The first-order chi connectivity index (χ1) is 14.1. The Morgan fingerprint density at radius 2 is 2.00 bits per heavy atom. The number of amides is 1.